The van der Waals surface area contributed by atoms with Crippen molar-refractivity contribution in [2.45, 2.75) is 33.1 Å². The van der Waals surface area contributed by atoms with Gasteiger partial charge in [0.05, 0.1) is 10.5 Å². The van der Waals surface area contributed by atoms with Crippen LogP contribution in [0.1, 0.15) is 38.8 Å². The van der Waals surface area contributed by atoms with Crippen LogP contribution in [0.3, 0.4) is 0 Å². The topological polar surface area (TPSA) is 24.9 Å². The molecule has 2 rings (SSSR count). The van der Waals surface area contributed by atoms with E-state index in [1.54, 1.807) is 6.07 Å². The van der Waals surface area contributed by atoms with E-state index in [2.05, 4.69) is 31.1 Å². The number of nitrogens with one attached hydrogen (secondary N) is 1. The first kappa shape index (κ1) is 14.1. The van der Waals surface area contributed by atoms with Gasteiger partial charge in [-0.2, -0.15) is 0 Å². The SMILES string of the molecule is CCCNc1cc(C(C)C)nc2cc(F)c(Cl)cc12. The fourth-order valence-electron chi connectivity index (χ4n) is 1.94. The largest absolute Gasteiger partial charge is 0.384 e. The Balaban J connectivity index is 2.63. The van der Waals surface area contributed by atoms with Crippen LogP contribution in [-0.2, 0) is 0 Å². The molecule has 1 heterocycles. The lowest BCUT2D eigenvalue weighted by Crippen LogP contribution is -2.03. The molecule has 0 fully saturated rings. The minimum atomic E-state index is -0.427. The van der Waals surface area contributed by atoms with Gasteiger partial charge in [0.2, 0.25) is 0 Å². The van der Waals surface area contributed by atoms with E-state index in [0.29, 0.717) is 11.4 Å². The van der Waals surface area contributed by atoms with Gasteiger partial charge in [0.25, 0.3) is 0 Å². The average Bonchev–Trinajstić information content (AvgIpc) is 2.37. The lowest BCUT2D eigenvalue weighted by Gasteiger charge is -2.13. The Morgan fingerprint density at radius 3 is 2.68 bits per heavy atom. The highest BCUT2D eigenvalue weighted by Crippen LogP contribution is 2.30. The fraction of sp³-hybridized carbons (Fsp3) is 0.400. The van der Waals surface area contributed by atoms with Gasteiger partial charge in [0.15, 0.2) is 0 Å². The van der Waals surface area contributed by atoms with Crippen molar-refractivity contribution >= 4 is 28.2 Å². The number of hydrogen-bond donors (Lipinski definition) is 1. The van der Waals surface area contributed by atoms with Crippen LogP contribution in [0.4, 0.5) is 10.1 Å². The van der Waals surface area contributed by atoms with Gasteiger partial charge in [-0.15, -0.1) is 0 Å². The Bertz CT molecular complexity index is 596. The van der Waals surface area contributed by atoms with Crippen LogP contribution < -0.4 is 5.32 Å². The van der Waals surface area contributed by atoms with E-state index >= 15 is 0 Å². The third-order valence-corrected chi connectivity index (χ3v) is 3.32. The first-order valence-corrected chi connectivity index (χ1v) is 6.94. The normalized spacial score (nSPS) is 11.3. The van der Waals surface area contributed by atoms with Gasteiger partial charge in [-0.3, -0.25) is 4.98 Å². The van der Waals surface area contributed by atoms with Crippen LogP contribution in [-0.4, -0.2) is 11.5 Å². The molecule has 0 spiro atoms. The van der Waals surface area contributed by atoms with Crippen LogP contribution in [0.5, 0.6) is 0 Å². The first-order chi connectivity index (χ1) is 9.02. The van der Waals surface area contributed by atoms with Crippen molar-refractivity contribution in [3.8, 4) is 0 Å². The fourth-order valence-corrected chi connectivity index (χ4v) is 2.11. The Morgan fingerprint density at radius 1 is 1.32 bits per heavy atom. The number of benzene rings is 1. The van der Waals surface area contributed by atoms with Crippen molar-refractivity contribution in [1.82, 2.24) is 4.98 Å². The molecule has 0 aliphatic rings. The summed E-state index contributed by atoms with van der Waals surface area (Å²) in [5.74, 6) is -0.130. The zero-order valence-corrected chi connectivity index (χ0v) is 12.2. The van der Waals surface area contributed by atoms with Crippen LogP contribution in [0.25, 0.3) is 10.9 Å². The molecular formula is C15H18ClFN2. The summed E-state index contributed by atoms with van der Waals surface area (Å²) >= 11 is 5.87. The summed E-state index contributed by atoms with van der Waals surface area (Å²) in [6.07, 6.45) is 1.02. The van der Waals surface area contributed by atoms with E-state index in [1.165, 1.54) is 6.07 Å². The quantitative estimate of drug-likeness (QED) is 0.855. The van der Waals surface area contributed by atoms with Crippen LogP contribution in [0.15, 0.2) is 18.2 Å². The summed E-state index contributed by atoms with van der Waals surface area (Å²) in [6, 6.07) is 5.07. The maximum absolute atomic E-state index is 13.6. The van der Waals surface area contributed by atoms with Crippen LogP contribution in [0, 0.1) is 5.82 Å². The molecule has 0 unspecified atom stereocenters. The van der Waals surface area contributed by atoms with Gasteiger partial charge in [-0.1, -0.05) is 32.4 Å². The maximum Gasteiger partial charge on any atom is 0.143 e. The summed E-state index contributed by atoms with van der Waals surface area (Å²) in [6.45, 7) is 7.12. The second kappa shape index (κ2) is 5.74. The minimum Gasteiger partial charge on any atom is -0.384 e. The van der Waals surface area contributed by atoms with Crippen molar-refractivity contribution in [2.24, 2.45) is 0 Å². The van der Waals surface area contributed by atoms with Crippen molar-refractivity contribution < 1.29 is 4.39 Å². The molecule has 0 radical (unpaired) electrons. The van der Waals surface area contributed by atoms with Gasteiger partial charge in [0, 0.05) is 29.4 Å². The van der Waals surface area contributed by atoms with E-state index < -0.39 is 5.82 Å². The molecule has 102 valence electrons. The molecule has 0 atom stereocenters. The lowest BCUT2D eigenvalue weighted by atomic mass is 10.1. The third-order valence-electron chi connectivity index (χ3n) is 3.03. The molecule has 0 saturated carbocycles. The van der Waals surface area contributed by atoms with Gasteiger partial charge in [-0.05, 0) is 24.5 Å². The van der Waals surface area contributed by atoms with Gasteiger partial charge in [-0.25, -0.2) is 4.39 Å². The lowest BCUT2D eigenvalue weighted by molar-refractivity contribution is 0.629. The number of pyridine rings is 1. The predicted molar refractivity (Wildman–Crippen MR) is 79.6 cm³/mol. The van der Waals surface area contributed by atoms with Crippen molar-refractivity contribution in [3.63, 3.8) is 0 Å². The Morgan fingerprint density at radius 2 is 2.05 bits per heavy atom. The van der Waals surface area contributed by atoms with Gasteiger partial charge < -0.3 is 5.32 Å². The van der Waals surface area contributed by atoms with E-state index in [4.69, 9.17) is 11.6 Å². The number of fused-ring (bicyclic) bond motifs is 1. The number of aromatic nitrogens is 1. The monoisotopic (exact) mass is 280 g/mol. The van der Waals surface area contributed by atoms with E-state index in [1.807, 2.05) is 6.07 Å². The number of nitrogens with zero attached hydrogens (tertiary/aromatic N) is 1. The molecule has 1 aromatic carbocycles. The highest BCUT2D eigenvalue weighted by atomic mass is 35.5. The second-order valence-electron chi connectivity index (χ2n) is 4.96. The Labute approximate surface area is 118 Å². The van der Waals surface area contributed by atoms with E-state index in [0.717, 1.165) is 29.7 Å². The van der Waals surface area contributed by atoms with Crippen LogP contribution in [0.2, 0.25) is 5.02 Å². The van der Waals surface area contributed by atoms with E-state index in [9.17, 15) is 4.39 Å². The summed E-state index contributed by atoms with van der Waals surface area (Å²) in [5, 5.41) is 4.35. The first-order valence-electron chi connectivity index (χ1n) is 6.56. The number of halogens is 2. The molecule has 4 heteroatoms. The molecule has 0 aliphatic heterocycles. The molecular weight excluding hydrogens is 263 g/mol. The van der Waals surface area contributed by atoms with Crippen LogP contribution >= 0.6 is 11.6 Å². The summed E-state index contributed by atoms with van der Waals surface area (Å²) in [5.41, 5.74) is 2.57. The minimum absolute atomic E-state index is 0.131. The number of rotatable bonds is 4. The maximum atomic E-state index is 13.6. The third kappa shape index (κ3) is 2.98. The molecule has 2 aromatic rings. The molecule has 0 amide bonds. The summed E-state index contributed by atoms with van der Waals surface area (Å²) in [7, 11) is 0. The summed E-state index contributed by atoms with van der Waals surface area (Å²) < 4.78 is 13.6. The Hall–Kier alpha value is -1.35. The molecule has 1 aromatic heterocycles. The molecule has 0 saturated heterocycles. The van der Waals surface area contributed by atoms with Crippen molar-refractivity contribution in [3.05, 3.63) is 34.7 Å². The molecule has 0 aliphatic carbocycles. The number of anilines is 1. The standard InChI is InChI=1S/C15H18ClFN2/c1-4-5-18-14-8-13(9(2)3)19-15-7-12(17)11(16)6-10(14)15/h6-9H,4-5H2,1-3H3,(H,18,19). The number of hydrogen-bond acceptors (Lipinski definition) is 2. The van der Waals surface area contributed by atoms with Crippen molar-refractivity contribution in [2.75, 3.05) is 11.9 Å². The zero-order chi connectivity index (χ0) is 14.0. The highest BCUT2D eigenvalue weighted by Gasteiger charge is 2.11. The molecule has 1 N–H and O–H groups in total. The van der Waals surface area contributed by atoms with Gasteiger partial charge in [0.1, 0.15) is 5.82 Å². The zero-order valence-electron chi connectivity index (χ0n) is 11.4. The van der Waals surface area contributed by atoms with E-state index in [-0.39, 0.29) is 5.02 Å². The average molecular weight is 281 g/mol. The molecule has 0 bridgehead atoms. The smallest absolute Gasteiger partial charge is 0.143 e. The van der Waals surface area contributed by atoms with Crippen molar-refractivity contribution in [1.29, 1.82) is 0 Å². The predicted octanol–water partition coefficient (Wildman–Crippen LogP) is 4.97. The van der Waals surface area contributed by atoms with Gasteiger partial charge >= 0.3 is 0 Å². The highest BCUT2D eigenvalue weighted by molar-refractivity contribution is 6.31. The summed E-state index contributed by atoms with van der Waals surface area (Å²) in [4.78, 5) is 4.51. The molecule has 19 heavy (non-hydrogen) atoms. The molecule has 2 nitrogen and oxygen atoms in total. The second-order valence-corrected chi connectivity index (χ2v) is 5.37. The Kier molecular flexibility index (Phi) is 4.25.